The molecule has 0 aliphatic carbocycles. The molecule has 2 aromatic rings. The third-order valence-electron chi connectivity index (χ3n) is 2.94. The van der Waals surface area contributed by atoms with Crippen LogP contribution in [-0.4, -0.2) is 0 Å². The molecule has 20 heavy (non-hydrogen) atoms. The number of hydrogen-bond donors (Lipinski definition) is 1. The fraction of sp³-hybridized carbons (Fsp3) is 0.250. The Bertz CT molecular complexity index is 508. The predicted octanol–water partition coefficient (Wildman–Crippen LogP) is 3.65. The Balaban J connectivity index is 1.86. The standard InChI is InChI=1S/C16H19NO3/c1-2-3-4-13-5-7-15(8-6-13)19-20-16-11-9-14(18-17)10-12-16/h5-12H,2-4,17H2,1H3. The van der Waals surface area contributed by atoms with Crippen molar-refractivity contribution in [1.82, 2.24) is 0 Å². The minimum absolute atomic E-state index is 0.567. The van der Waals surface area contributed by atoms with Gasteiger partial charge in [-0.05, 0) is 54.8 Å². The van der Waals surface area contributed by atoms with E-state index in [0.29, 0.717) is 17.2 Å². The monoisotopic (exact) mass is 273 g/mol. The van der Waals surface area contributed by atoms with E-state index in [0.717, 1.165) is 6.42 Å². The van der Waals surface area contributed by atoms with Crippen molar-refractivity contribution in [2.75, 3.05) is 0 Å². The summed E-state index contributed by atoms with van der Waals surface area (Å²) in [6.07, 6.45) is 3.49. The van der Waals surface area contributed by atoms with Gasteiger partial charge in [-0.2, -0.15) is 5.90 Å². The summed E-state index contributed by atoms with van der Waals surface area (Å²) in [6, 6.07) is 14.8. The zero-order chi connectivity index (χ0) is 14.2. The van der Waals surface area contributed by atoms with Crippen molar-refractivity contribution in [2.45, 2.75) is 26.2 Å². The predicted molar refractivity (Wildman–Crippen MR) is 77.6 cm³/mol. The SMILES string of the molecule is CCCCc1ccc(OOc2ccc(ON)cc2)cc1. The Labute approximate surface area is 119 Å². The first-order valence-corrected chi connectivity index (χ1v) is 6.72. The maximum absolute atomic E-state index is 5.25. The fourth-order valence-corrected chi connectivity index (χ4v) is 1.76. The van der Waals surface area contributed by atoms with Crippen molar-refractivity contribution in [3.63, 3.8) is 0 Å². The summed E-state index contributed by atoms with van der Waals surface area (Å²) < 4.78 is 0. The van der Waals surface area contributed by atoms with Gasteiger partial charge in [0.25, 0.3) is 0 Å². The largest absolute Gasteiger partial charge is 0.412 e. The van der Waals surface area contributed by atoms with Crippen LogP contribution in [0.25, 0.3) is 0 Å². The maximum Gasteiger partial charge on any atom is 0.178 e. The third-order valence-corrected chi connectivity index (χ3v) is 2.94. The smallest absolute Gasteiger partial charge is 0.178 e. The van der Waals surface area contributed by atoms with Crippen molar-refractivity contribution in [1.29, 1.82) is 0 Å². The third kappa shape index (κ3) is 4.17. The minimum Gasteiger partial charge on any atom is -0.412 e. The zero-order valence-electron chi connectivity index (χ0n) is 11.5. The second-order valence-electron chi connectivity index (χ2n) is 4.50. The molecule has 0 aliphatic rings. The summed E-state index contributed by atoms with van der Waals surface area (Å²) in [4.78, 5) is 15.1. The molecule has 106 valence electrons. The highest BCUT2D eigenvalue weighted by Crippen LogP contribution is 2.19. The molecular formula is C16H19NO3. The maximum atomic E-state index is 5.25. The van der Waals surface area contributed by atoms with Gasteiger partial charge >= 0.3 is 0 Å². The molecule has 0 saturated carbocycles. The van der Waals surface area contributed by atoms with Crippen LogP contribution in [0.1, 0.15) is 25.3 Å². The van der Waals surface area contributed by atoms with Gasteiger partial charge in [0, 0.05) is 0 Å². The number of unbranched alkanes of at least 4 members (excludes halogenated alkanes) is 1. The number of hydrogen-bond acceptors (Lipinski definition) is 4. The van der Waals surface area contributed by atoms with Gasteiger partial charge in [0.15, 0.2) is 11.5 Å². The summed E-state index contributed by atoms with van der Waals surface area (Å²) in [5, 5.41) is 0. The minimum atomic E-state index is 0.567. The molecule has 0 aromatic heterocycles. The van der Waals surface area contributed by atoms with Crippen molar-refractivity contribution in [3.8, 4) is 17.2 Å². The number of benzene rings is 2. The van der Waals surface area contributed by atoms with E-state index in [1.807, 2.05) is 12.1 Å². The molecule has 0 aliphatic heterocycles. The summed E-state index contributed by atoms with van der Waals surface area (Å²) in [6.45, 7) is 2.19. The molecule has 0 radical (unpaired) electrons. The quantitative estimate of drug-likeness (QED) is 0.618. The van der Waals surface area contributed by atoms with Crippen LogP contribution in [0, 0.1) is 0 Å². The first kappa shape index (κ1) is 14.2. The average molecular weight is 273 g/mol. The van der Waals surface area contributed by atoms with Crippen molar-refractivity contribution >= 4 is 0 Å². The van der Waals surface area contributed by atoms with E-state index in [1.54, 1.807) is 24.3 Å². The van der Waals surface area contributed by atoms with E-state index in [-0.39, 0.29) is 0 Å². The van der Waals surface area contributed by atoms with E-state index in [2.05, 4.69) is 23.9 Å². The lowest BCUT2D eigenvalue weighted by Gasteiger charge is -2.07. The number of rotatable bonds is 7. The van der Waals surface area contributed by atoms with Gasteiger partial charge in [0.1, 0.15) is 5.75 Å². The van der Waals surface area contributed by atoms with Gasteiger partial charge < -0.3 is 4.84 Å². The second kappa shape index (κ2) is 7.40. The summed E-state index contributed by atoms with van der Waals surface area (Å²) in [7, 11) is 0. The molecule has 2 aromatic carbocycles. The molecule has 0 fully saturated rings. The molecule has 0 heterocycles. The van der Waals surface area contributed by atoms with Crippen LogP contribution in [0.2, 0.25) is 0 Å². The highest BCUT2D eigenvalue weighted by Gasteiger charge is 2.00. The molecule has 2 N–H and O–H groups in total. The van der Waals surface area contributed by atoms with E-state index in [9.17, 15) is 0 Å². The Morgan fingerprint density at radius 1 is 0.800 bits per heavy atom. The fourth-order valence-electron chi connectivity index (χ4n) is 1.76. The number of aryl methyl sites for hydroxylation is 1. The van der Waals surface area contributed by atoms with Gasteiger partial charge in [-0.1, -0.05) is 25.5 Å². The van der Waals surface area contributed by atoms with Crippen molar-refractivity contribution < 1.29 is 14.6 Å². The molecule has 0 bridgehead atoms. The van der Waals surface area contributed by atoms with Gasteiger partial charge in [-0.3, -0.25) is 9.78 Å². The van der Waals surface area contributed by atoms with Crippen LogP contribution in [0.15, 0.2) is 48.5 Å². The summed E-state index contributed by atoms with van der Waals surface area (Å²) in [5.74, 6) is 6.86. The molecule has 0 atom stereocenters. The van der Waals surface area contributed by atoms with Crippen LogP contribution in [-0.2, 0) is 6.42 Å². The molecule has 0 spiro atoms. The zero-order valence-corrected chi connectivity index (χ0v) is 11.5. The van der Waals surface area contributed by atoms with Gasteiger partial charge in [0.2, 0.25) is 0 Å². The molecule has 2 rings (SSSR count). The summed E-state index contributed by atoms with van der Waals surface area (Å²) >= 11 is 0. The highest BCUT2D eigenvalue weighted by atomic mass is 17.2. The van der Waals surface area contributed by atoms with Gasteiger partial charge in [-0.15, -0.1) is 0 Å². The Kier molecular flexibility index (Phi) is 5.26. The normalized spacial score (nSPS) is 10.1. The second-order valence-corrected chi connectivity index (χ2v) is 4.50. The molecule has 4 nitrogen and oxygen atoms in total. The van der Waals surface area contributed by atoms with Crippen LogP contribution < -0.4 is 20.5 Å². The van der Waals surface area contributed by atoms with E-state index in [4.69, 9.17) is 15.7 Å². The van der Waals surface area contributed by atoms with E-state index in [1.165, 1.54) is 18.4 Å². The average Bonchev–Trinajstić information content (AvgIpc) is 2.52. The van der Waals surface area contributed by atoms with Crippen LogP contribution >= 0.6 is 0 Å². The number of nitrogens with two attached hydrogens (primary N) is 1. The summed E-state index contributed by atoms with van der Waals surface area (Å²) in [5.41, 5.74) is 1.31. The van der Waals surface area contributed by atoms with Crippen LogP contribution in [0.4, 0.5) is 0 Å². The Morgan fingerprint density at radius 2 is 1.30 bits per heavy atom. The van der Waals surface area contributed by atoms with Crippen LogP contribution in [0.5, 0.6) is 17.2 Å². The topological polar surface area (TPSA) is 53.7 Å². The van der Waals surface area contributed by atoms with E-state index >= 15 is 0 Å². The van der Waals surface area contributed by atoms with Crippen molar-refractivity contribution in [3.05, 3.63) is 54.1 Å². The van der Waals surface area contributed by atoms with Gasteiger partial charge in [0.05, 0.1) is 0 Å². The molecular weight excluding hydrogens is 254 g/mol. The van der Waals surface area contributed by atoms with Gasteiger partial charge in [-0.25, -0.2) is 0 Å². The Morgan fingerprint density at radius 3 is 1.80 bits per heavy atom. The molecule has 4 heteroatoms. The molecule has 0 unspecified atom stereocenters. The lowest BCUT2D eigenvalue weighted by Crippen LogP contribution is -2.03. The lowest BCUT2D eigenvalue weighted by molar-refractivity contribution is -0.0999. The van der Waals surface area contributed by atoms with Crippen molar-refractivity contribution in [2.24, 2.45) is 5.90 Å². The molecule has 0 saturated heterocycles. The van der Waals surface area contributed by atoms with Crippen LogP contribution in [0.3, 0.4) is 0 Å². The first-order chi connectivity index (χ1) is 9.81. The highest BCUT2D eigenvalue weighted by molar-refractivity contribution is 5.31. The first-order valence-electron chi connectivity index (χ1n) is 6.72. The lowest BCUT2D eigenvalue weighted by atomic mass is 10.1. The molecule has 0 amide bonds. The Hall–Kier alpha value is -2.20. The van der Waals surface area contributed by atoms with E-state index < -0.39 is 0 Å².